The van der Waals surface area contributed by atoms with E-state index in [-0.39, 0.29) is 0 Å². The van der Waals surface area contributed by atoms with Crippen LogP contribution in [0.15, 0.2) is 17.0 Å². The fourth-order valence-electron chi connectivity index (χ4n) is 1.75. The maximum atomic E-state index is 12.2. The fourth-order valence-corrected chi connectivity index (χ4v) is 3.54. The molecule has 1 saturated heterocycles. The molecule has 20 heavy (non-hydrogen) atoms. The van der Waals surface area contributed by atoms with Gasteiger partial charge in [-0.2, -0.15) is 0 Å². The Bertz CT molecular complexity index is 605. The molecule has 2 heterocycles. The number of amides is 2. The Morgan fingerprint density at radius 3 is 2.65 bits per heavy atom. The lowest BCUT2D eigenvalue weighted by molar-refractivity contribution is -0.148. The van der Waals surface area contributed by atoms with Crippen LogP contribution in [0.3, 0.4) is 0 Å². The number of hydrogen-bond donors (Lipinski definition) is 0. The summed E-state index contributed by atoms with van der Waals surface area (Å²) in [4.78, 5) is 38.8. The Morgan fingerprint density at radius 2 is 2.10 bits per heavy atom. The Morgan fingerprint density at radius 1 is 1.40 bits per heavy atom. The van der Waals surface area contributed by atoms with E-state index < -0.39 is 23.2 Å². The van der Waals surface area contributed by atoms with Crippen LogP contribution < -0.4 is 0 Å². The molecule has 1 aliphatic rings. The minimum atomic E-state index is -0.913. The number of methoxy groups -OCH3 is 1. The van der Waals surface area contributed by atoms with Crippen molar-refractivity contribution < 1.29 is 19.1 Å². The molecule has 0 saturated carbocycles. The maximum absolute atomic E-state index is 12.2. The molecule has 0 spiro atoms. The highest BCUT2D eigenvalue weighted by molar-refractivity contribution is 8.18. The van der Waals surface area contributed by atoms with Crippen LogP contribution >= 0.6 is 23.1 Å². The largest absolute Gasteiger partial charge is 0.467 e. The maximum Gasteiger partial charge on any atom is 0.328 e. The van der Waals surface area contributed by atoms with Gasteiger partial charge < -0.3 is 4.74 Å². The molecule has 1 fully saturated rings. The van der Waals surface area contributed by atoms with Gasteiger partial charge in [-0.3, -0.25) is 14.5 Å². The molecule has 1 atom stereocenters. The first-order valence-electron chi connectivity index (χ1n) is 5.85. The number of carbonyl (C=O) groups is 3. The number of nitrogens with zero attached hydrogens (tertiary/aromatic N) is 1. The predicted octanol–water partition coefficient (Wildman–Crippen LogP) is 2.65. The number of hydrogen-bond acceptors (Lipinski definition) is 6. The van der Waals surface area contributed by atoms with Gasteiger partial charge in [-0.15, -0.1) is 11.3 Å². The fraction of sp³-hybridized carbons (Fsp3) is 0.308. The summed E-state index contributed by atoms with van der Waals surface area (Å²) < 4.78 is 4.57. The third kappa shape index (κ3) is 2.78. The van der Waals surface area contributed by atoms with Crippen LogP contribution in [0.4, 0.5) is 4.79 Å². The highest BCUT2D eigenvalue weighted by atomic mass is 32.2. The molecule has 0 bridgehead atoms. The molecule has 0 aromatic carbocycles. The second-order valence-electron chi connectivity index (χ2n) is 4.20. The zero-order valence-electron chi connectivity index (χ0n) is 11.2. The van der Waals surface area contributed by atoms with Crippen molar-refractivity contribution in [2.45, 2.75) is 19.9 Å². The van der Waals surface area contributed by atoms with Crippen molar-refractivity contribution in [1.82, 2.24) is 4.90 Å². The molecule has 1 aromatic rings. The summed E-state index contributed by atoms with van der Waals surface area (Å²) in [6, 6.07) is 2.92. The predicted molar refractivity (Wildman–Crippen MR) is 78.3 cm³/mol. The van der Waals surface area contributed by atoms with Crippen molar-refractivity contribution in [1.29, 1.82) is 0 Å². The van der Waals surface area contributed by atoms with E-state index in [1.807, 2.05) is 19.1 Å². The van der Waals surface area contributed by atoms with Crippen LogP contribution in [0.25, 0.3) is 6.08 Å². The first-order valence-corrected chi connectivity index (χ1v) is 7.48. The number of esters is 1. The van der Waals surface area contributed by atoms with E-state index in [0.717, 1.165) is 26.4 Å². The third-order valence-corrected chi connectivity index (χ3v) is 4.62. The van der Waals surface area contributed by atoms with Crippen molar-refractivity contribution >= 4 is 46.3 Å². The van der Waals surface area contributed by atoms with Crippen molar-refractivity contribution in [3.05, 3.63) is 26.8 Å². The molecule has 0 N–H and O–H groups in total. The Hall–Kier alpha value is -1.60. The molecule has 0 aliphatic carbocycles. The molecular weight excluding hydrogens is 298 g/mol. The van der Waals surface area contributed by atoms with Gasteiger partial charge >= 0.3 is 5.97 Å². The third-order valence-electron chi connectivity index (χ3n) is 2.79. The van der Waals surface area contributed by atoms with Gasteiger partial charge in [-0.05, 0) is 43.8 Å². The molecule has 0 unspecified atom stereocenters. The molecule has 1 aliphatic heterocycles. The van der Waals surface area contributed by atoms with Gasteiger partial charge in [0, 0.05) is 9.75 Å². The van der Waals surface area contributed by atoms with E-state index in [0.29, 0.717) is 4.91 Å². The van der Waals surface area contributed by atoms with Gasteiger partial charge in [0.1, 0.15) is 6.04 Å². The Labute approximate surface area is 124 Å². The number of aryl methyl sites for hydroxylation is 1. The second kappa shape index (κ2) is 5.80. The highest BCUT2D eigenvalue weighted by Crippen LogP contribution is 2.34. The van der Waals surface area contributed by atoms with Gasteiger partial charge in [0.25, 0.3) is 11.1 Å². The van der Waals surface area contributed by atoms with Gasteiger partial charge in [0.05, 0.1) is 12.0 Å². The molecule has 2 amide bonds. The molecular formula is C13H13NO4S2. The average molecular weight is 311 g/mol. The smallest absolute Gasteiger partial charge is 0.328 e. The van der Waals surface area contributed by atoms with Gasteiger partial charge in [-0.25, -0.2) is 4.79 Å². The van der Waals surface area contributed by atoms with Crippen LogP contribution in [0.1, 0.15) is 16.7 Å². The molecule has 106 valence electrons. The van der Waals surface area contributed by atoms with E-state index >= 15 is 0 Å². The average Bonchev–Trinajstić information content (AvgIpc) is 2.93. The zero-order chi connectivity index (χ0) is 14.9. The van der Waals surface area contributed by atoms with Gasteiger partial charge in [0.2, 0.25) is 0 Å². The number of thiophene rings is 1. The monoisotopic (exact) mass is 311 g/mol. The van der Waals surface area contributed by atoms with E-state index in [2.05, 4.69) is 4.74 Å². The second-order valence-corrected chi connectivity index (χ2v) is 6.51. The Kier molecular flexibility index (Phi) is 4.29. The van der Waals surface area contributed by atoms with E-state index in [9.17, 15) is 14.4 Å². The summed E-state index contributed by atoms with van der Waals surface area (Å²) in [6.07, 6.45) is 1.67. The lowest BCUT2D eigenvalue weighted by Gasteiger charge is -2.18. The summed E-state index contributed by atoms with van der Waals surface area (Å²) in [5, 5.41) is -0.451. The lowest BCUT2D eigenvalue weighted by atomic mass is 10.3. The van der Waals surface area contributed by atoms with E-state index in [1.165, 1.54) is 25.4 Å². The zero-order valence-corrected chi connectivity index (χ0v) is 12.8. The first-order chi connectivity index (χ1) is 9.43. The van der Waals surface area contributed by atoms with Crippen LogP contribution in [0.2, 0.25) is 0 Å². The quantitative estimate of drug-likeness (QED) is 0.634. The van der Waals surface area contributed by atoms with Gasteiger partial charge in [0.15, 0.2) is 0 Å². The number of ether oxygens (including phenoxy) is 1. The minimum absolute atomic E-state index is 0.326. The summed E-state index contributed by atoms with van der Waals surface area (Å²) >= 11 is 2.37. The minimum Gasteiger partial charge on any atom is -0.467 e. The summed E-state index contributed by atoms with van der Waals surface area (Å²) in [6.45, 7) is 3.44. The number of carbonyl (C=O) groups excluding carboxylic acids is 3. The van der Waals surface area contributed by atoms with Crippen molar-refractivity contribution in [2.75, 3.05) is 7.11 Å². The van der Waals surface area contributed by atoms with Crippen LogP contribution in [-0.2, 0) is 14.3 Å². The molecule has 1 aromatic heterocycles. The van der Waals surface area contributed by atoms with Crippen molar-refractivity contribution in [2.24, 2.45) is 0 Å². The first kappa shape index (κ1) is 14.8. The number of rotatable bonds is 3. The van der Waals surface area contributed by atoms with Crippen molar-refractivity contribution in [3.8, 4) is 0 Å². The number of thioether (sulfide) groups is 1. The SMILES string of the molecule is COC(=O)[C@H](C)N1C(=O)S/C(=C\c2ccc(C)s2)C1=O. The lowest BCUT2D eigenvalue weighted by Crippen LogP contribution is -2.42. The summed E-state index contributed by atoms with van der Waals surface area (Å²) in [5.41, 5.74) is 0. The van der Waals surface area contributed by atoms with Crippen molar-refractivity contribution in [3.63, 3.8) is 0 Å². The molecule has 7 heteroatoms. The topological polar surface area (TPSA) is 63.7 Å². The highest BCUT2D eigenvalue weighted by Gasteiger charge is 2.41. The molecule has 5 nitrogen and oxygen atoms in total. The number of imide groups is 1. The molecule has 2 rings (SSSR count). The Balaban J connectivity index is 2.25. The van der Waals surface area contributed by atoms with Crippen LogP contribution in [0.5, 0.6) is 0 Å². The van der Waals surface area contributed by atoms with Gasteiger partial charge in [-0.1, -0.05) is 0 Å². The van der Waals surface area contributed by atoms with E-state index in [1.54, 1.807) is 6.08 Å². The van der Waals surface area contributed by atoms with E-state index in [4.69, 9.17) is 0 Å². The molecule has 0 radical (unpaired) electrons. The normalized spacial score (nSPS) is 18.8. The van der Waals surface area contributed by atoms with Crippen LogP contribution in [-0.4, -0.2) is 35.2 Å². The standard InChI is InChI=1S/C13H13NO4S2/c1-7-4-5-9(19-7)6-10-11(15)14(13(17)20-10)8(2)12(16)18-3/h4-6,8H,1-3H3/b10-6-/t8-/m0/s1. The summed E-state index contributed by atoms with van der Waals surface area (Å²) in [5.74, 6) is -1.07. The summed E-state index contributed by atoms with van der Waals surface area (Å²) in [7, 11) is 1.22. The van der Waals surface area contributed by atoms with Crippen LogP contribution in [0, 0.1) is 6.92 Å².